The Morgan fingerprint density at radius 2 is 1.74 bits per heavy atom. The second-order valence-corrected chi connectivity index (χ2v) is 14.4. The molecule has 1 aliphatic rings. The molecule has 1 N–H and O–H groups in total. The van der Waals surface area contributed by atoms with Crippen LogP contribution in [0.5, 0.6) is 17.2 Å². The first-order valence-corrected chi connectivity index (χ1v) is 17.8. The summed E-state index contributed by atoms with van der Waals surface area (Å²) in [6.45, 7) is 5.91. The maximum absolute atomic E-state index is 14.4. The lowest BCUT2D eigenvalue weighted by molar-refractivity contribution is -0.113. The minimum atomic E-state index is -0.757. The first kappa shape index (κ1) is 35.5. The van der Waals surface area contributed by atoms with Gasteiger partial charge in [-0.05, 0) is 86.0 Å². The predicted octanol–water partition coefficient (Wildman–Crippen LogP) is 8.16. The molecule has 256 valence electrons. The number of fused-ring (bicyclic) bond motifs is 1. The summed E-state index contributed by atoms with van der Waals surface area (Å²) in [5.41, 5.74) is 5.40. The summed E-state index contributed by atoms with van der Waals surface area (Å²) in [6, 6.07) is 21.3. The van der Waals surface area contributed by atoms with Crippen molar-refractivity contribution in [2.75, 3.05) is 19.5 Å². The molecule has 0 saturated carbocycles. The van der Waals surface area contributed by atoms with Gasteiger partial charge in [0.15, 0.2) is 16.3 Å². The summed E-state index contributed by atoms with van der Waals surface area (Å²) in [5.74, 6) is 1.21. The number of hydrogen-bond acceptors (Lipinski definition) is 7. The lowest BCUT2D eigenvalue weighted by atomic mass is 9.95. The molecule has 1 atom stereocenters. The summed E-state index contributed by atoms with van der Waals surface area (Å²) < 4.78 is 20.1. The molecule has 0 spiro atoms. The van der Waals surface area contributed by atoms with Gasteiger partial charge in [-0.3, -0.25) is 14.2 Å². The van der Waals surface area contributed by atoms with Gasteiger partial charge >= 0.3 is 0 Å². The molecule has 0 aliphatic carbocycles. The Bertz CT molecular complexity index is 2350. The number of carbonyl (C=O) groups is 1. The van der Waals surface area contributed by atoms with Crippen molar-refractivity contribution in [3.8, 4) is 17.2 Å². The summed E-state index contributed by atoms with van der Waals surface area (Å²) in [4.78, 5) is 33.8. The molecule has 8 nitrogen and oxygen atoms in total. The van der Waals surface area contributed by atoms with Gasteiger partial charge in [0.25, 0.3) is 11.5 Å². The van der Waals surface area contributed by atoms with Gasteiger partial charge in [0, 0.05) is 15.7 Å². The number of amides is 1. The molecule has 5 aromatic rings. The maximum Gasteiger partial charge on any atom is 0.271 e. The van der Waals surface area contributed by atoms with Crippen LogP contribution < -0.4 is 34.4 Å². The van der Waals surface area contributed by atoms with Gasteiger partial charge in [-0.25, -0.2) is 4.99 Å². The Morgan fingerprint density at radius 3 is 2.42 bits per heavy atom. The number of allylic oxidation sites excluding steroid dienone is 1. The SMILES string of the molecule is COc1ccc([C@H]2C(C(=O)Nc3ccc(C)cc3C)=C(C)N=c3s/c(=C\c4cc(Br)cc(OC)c4OCc4ccc(Cl)c(Cl)c4)c(=O)n32)cc1. The minimum Gasteiger partial charge on any atom is -0.497 e. The zero-order valence-corrected chi connectivity index (χ0v) is 31.7. The molecule has 1 amide bonds. The second kappa shape index (κ2) is 14.9. The van der Waals surface area contributed by atoms with Crippen LogP contribution in [0.1, 0.15) is 40.8 Å². The van der Waals surface area contributed by atoms with Crippen molar-refractivity contribution >= 4 is 68.1 Å². The number of thiazole rings is 1. The van der Waals surface area contributed by atoms with Gasteiger partial charge < -0.3 is 19.5 Å². The number of anilines is 1. The van der Waals surface area contributed by atoms with Crippen LogP contribution in [0.4, 0.5) is 5.69 Å². The lowest BCUT2D eigenvalue weighted by Gasteiger charge is -2.25. The Labute approximate surface area is 311 Å². The topological polar surface area (TPSA) is 91.2 Å². The van der Waals surface area contributed by atoms with Crippen molar-refractivity contribution in [2.45, 2.75) is 33.4 Å². The zero-order chi connectivity index (χ0) is 35.7. The minimum absolute atomic E-state index is 0.173. The highest BCUT2D eigenvalue weighted by atomic mass is 79.9. The number of halogens is 3. The van der Waals surface area contributed by atoms with Gasteiger partial charge in [0.2, 0.25) is 0 Å². The first-order chi connectivity index (χ1) is 24.0. The fourth-order valence-corrected chi connectivity index (χ4v) is 7.60. The summed E-state index contributed by atoms with van der Waals surface area (Å²) in [5, 5.41) is 3.93. The molecule has 1 aromatic heterocycles. The van der Waals surface area contributed by atoms with E-state index in [0.29, 0.717) is 59.1 Å². The average Bonchev–Trinajstić information content (AvgIpc) is 3.39. The average molecular weight is 794 g/mol. The molecule has 0 unspecified atom stereocenters. The number of rotatable bonds is 9. The number of aromatic nitrogens is 1. The summed E-state index contributed by atoms with van der Waals surface area (Å²) in [7, 11) is 3.14. The van der Waals surface area contributed by atoms with Crippen LogP contribution in [-0.4, -0.2) is 24.7 Å². The molecule has 12 heteroatoms. The Morgan fingerprint density at radius 1 is 0.980 bits per heavy atom. The highest BCUT2D eigenvalue weighted by Gasteiger charge is 2.33. The van der Waals surface area contributed by atoms with Crippen LogP contribution in [0.15, 0.2) is 98.3 Å². The highest BCUT2D eigenvalue weighted by molar-refractivity contribution is 9.10. The number of benzene rings is 4. The smallest absolute Gasteiger partial charge is 0.271 e. The molecule has 2 heterocycles. The monoisotopic (exact) mass is 791 g/mol. The van der Waals surface area contributed by atoms with E-state index in [1.807, 2.05) is 68.4 Å². The van der Waals surface area contributed by atoms with E-state index in [0.717, 1.165) is 26.7 Å². The Balaban J connectivity index is 1.47. The van der Waals surface area contributed by atoms with Crippen molar-refractivity contribution in [3.63, 3.8) is 0 Å². The molecule has 1 aliphatic heterocycles. The van der Waals surface area contributed by atoms with Crippen molar-refractivity contribution in [1.82, 2.24) is 4.57 Å². The molecule has 0 fully saturated rings. The number of ether oxygens (including phenoxy) is 3. The summed E-state index contributed by atoms with van der Waals surface area (Å²) >= 11 is 17.1. The van der Waals surface area contributed by atoms with E-state index in [-0.39, 0.29) is 18.1 Å². The quantitative estimate of drug-likeness (QED) is 0.163. The maximum atomic E-state index is 14.4. The van der Waals surface area contributed by atoms with Crippen LogP contribution in [-0.2, 0) is 11.4 Å². The predicted molar refractivity (Wildman–Crippen MR) is 203 cm³/mol. The van der Waals surface area contributed by atoms with E-state index in [1.165, 1.54) is 11.3 Å². The van der Waals surface area contributed by atoms with Crippen molar-refractivity contribution in [3.05, 3.63) is 146 Å². The van der Waals surface area contributed by atoms with E-state index < -0.39 is 6.04 Å². The van der Waals surface area contributed by atoms with Gasteiger partial charge in [0.05, 0.1) is 46.1 Å². The van der Waals surface area contributed by atoms with E-state index in [2.05, 4.69) is 21.2 Å². The van der Waals surface area contributed by atoms with Crippen LogP contribution in [0.3, 0.4) is 0 Å². The van der Waals surface area contributed by atoms with Crippen LogP contribution in [0.25, 0.3) is 6.08 Å². The van der Waals surface area contributed by atoms with Crippen LogP contribution in [0, 0.1) is 13.8 Å². The third kappa shape index (κ3) is 7.25. The molecule has 0 bridgehead atoms. The van der Waals surface area contributed by atoms with Crippen molar-refractivity contribution < 1.29 is 19.0 Å². The van der Waals surface area contributed by atoms with Crippen LogP contribution in [0.2, 0.25) is 10.0 Å². The van der Waals surface area contributed by atoms with E-state index in [9.17, 15) is 9.59 Å². The second-order valence-electron chi connectivity index (χ2n) is 11.7. The lowest BCUT2D eigenvalue weighted by Crippen LogP contribution is -2.40. The standard InChI is InChI=1S/C38H32BrCl2N3O5S/c1-20-6-13-30(21(2)14-20)43-36(45)33-22(3)42-38-44(34(33)24-8-10-27(47-4)11-9-24)37(46)32(50-38)17-25-16-26(39)18-31(48-5)35(25)49-19-23-7-12-28(40)29(41)15-23/h6-18,34H,19H2,1-5H3,(H,43,45)/b32-17-/t34-/m0/s1. The van der Waals surface area contributed by atoms with E-state index in [4.69, 9.17) is 42.4 Å². The Kier molecular flexibility index (Phi) is 10.5. The number of carbonyl (C=O) groups excluding carboxylic acids is 1. The number of nitrogens with zero attached hydrogens (tertiary/aromatic N) is 2. The third-order valence-corrected chi connectivity index (χ3v) is 10.4. The number of methoxy groups -OCH3 is 2. The first-order valence-electron chi connectivity index (χ1n) is 15.5. The zero-order valence-electron chi connectivity index (χ0n) is 27.8. The summed E-state index contributed by atoms with van der Waals surface area (Å²) in [6.07, 6.45) is 1.75. The Hall–Kier alpha value is -4.35. The van der Waals surface area contributed by atoms with Gasteiger partial charge in [-0.2, -0.15) is 0 Å². The van der Waals surface area contributed by atoms with E-state index >= 15 is 0 Å². The van der Waals surface area contributed by atoms with Crippen LogP contribution >= 0.6 is 50.5 Å². The van der Waals surface area contributed by atoms with Crippen molar-refractivity contribution in [2.24, 2.45) is 4.99 Å². The molecule has 50 heavy (non-hydrogen) atoms. The van der Waals surface area contributed by atoms with Gasteiger partial charge in [0.1, 0.15) is 12.4 Å². The molecule has 0 radical (unpaired) electrons. The molecular weight excluding hydrogens is 761 g/mol. The van der Waals surface area contributed by atoms with E-state index in [1.54, 1.807) is 50.0 Å². The molecule has 6 rings (SSSR count). The normalized spacial score (nSPS) is 14.2. The third-order valence-electron chi connectivity index (χ3n) is 8.25. The molecule has 4 aromatic carbocycles. The van der Waals surface area contributed by atoms with Gasteiger partial charge in [-0.15, -0.1) is 0 Å². The highest BCUT2D eigenvalue weighted by Crippen LogP contribution is 2.37. The molecule has 0 saturated heterocycles. The fraction of sp³-hybridized carbons (Fsp3) is 0.184. The molecular formula is C38H32BrCl2N3O5S. The van der Waals surface area contributed by atoms with Gasteiger partial charge in [-0.1, -0.05) is 86.4 Å². The largest absolute Gasteiger partial charge is 0.497 e. The number of hydrogen-bond donors (Lipinski definition) is 1. The number of nitrogens with one attached hydrogen (secondary N) is 1. The number of aryl methyl sites for hydroxylation is 2. The van der Waals surface area contributed by atoms with Crippen molar-refractivity contribution in [1.29, 1.82) is 0 Å². The fourth-order valence-electron chi connectivity index (χ4n) is 5.79.